The Morgan fingerprint density at radius 1 is 0.412 bits per heavy atom. The SMILES string of the molecule is CC(C)(C)c1cc(Oc2[c-]c3c(cc2)c2cc(-c4ccccc4)ccc2n3-c2cc(C(C)(C)c3ccccc3)ccn2)[c-]c(N2[CH-]N(c3cc(-c4ccccc4)cc(C(C)(C)C)c3)c3cc(C(C)(C)c4ccccc4)ccc32)c1.[Pt]. The maximum Gasteiger partial charge on any atom is 0.135 e. The van der Waals surface area contributed by atoms with E-state index in [0.29, 0.717) is 11.5 Å². The number of hydrogen-bond acceptors (Lipinski definition) is 4. The summed E-state index contributed by atoms with van der Waals surface area (Å²) < 4.78 is 9.31. The van der Waals surface area contributed by atoms with Crippen molar-refractivity contribution in [3.05, 3.63) is 271 Å². The van der Waals surface area contributed by atoms with Gasteiger partial charge < -0.3 is 19.1 Å². The molecule has 9 aromatic carbocycles. The molecule has 0 unspecified atom stereocenters. The molecule has 0 saturated carbocycles. The average Bonchev–Trinajstić information content (AvgIpc) is 4.05. The van der Waals surface area contributed by atoms with Crippen LogP contribution in [0.3, 0.4) is 0 Å². The number of ether oxygens (including phenoxy) is 1. The molecule has 0 atom stereocenters. The fourth-order valence-corrected chi connectivity index (χ4v) is 11.2. The van der Waals surface area contributed by atoms with Crippen molar-refractivity contribution in [2.75, 3.05) is 9.80 Å². The minimum absolute atomic E-state index is 0. The summed E-state index contributed by atoms with van der Waals surface area (Å²) in [6.45, 7) is 25.1. The Bertz CT molecular complexity index is 4040. The van der Waals surface area contributed by atoms with Crippen LogP contribution in [0.2, 0.25) is 0 Å². The van der Waals surface area contributed by atoms with E-state index in [1.807, 2.05) is 12.3 Å². The molecule has 402 valence electrons. The molecule has 0 N–H and O–H groups in total. The molecule has 0 aliphatic carbocycles. The number of benzene rings is 9. The minimum Gasteiger partial charge on any atom is -0.509 e. The van der Waals surface area contributed by atoms with E-state index in [1.54, 1.807) is 0 Å². The molecule has 0 radical (unpaired) electrons. The Morgan fingerprint density at radius 2 is 1.00 bits per heavy atom. The summed E-state index contributed by atoms with van der Waals surface area (Å²) in [5.41, 5.74) is 17.1. The van der Waals surface area contributed by atoms with Crippen LogP contribution in [0, 0.1) is 18.8 Å². The number of hydrogen-bond donors (Lipinski definition) is 0. The standard InChI is InChI=1S/C74H67N4O.Pt/c1-71(2,3)58-39-53(51-25-17-12-18-26-51)40-60(42-58)77-49-76(67-36-32-56(45-69(67)77)73(7,8)54-27-19-13-20-28-54)61-43-59(72(4,5)6)44-63(47-61)79-62-33-34-64-65-41-52(50-23-15-11-16-24-50)31-35-66(65)78(68(64)48-62)70-46-57(37-38-75-70)74(9,10)55-29-21-14-22-30-55;/h11-46,49H,1-10H3;/q-3;. The van der Waals surface area contributed by atoms with Crippen molar-refractivity contribution >= 4 is 44.6 Å². The second-order valence-electron chi connectivity index (χ2n) is 24.3. The van der Waals surface area contributed by atoms with Gasteiger partial charge in [-0.2, -0.15) is 6.07 Å². The Kier molecular flexibility index (Phi) is 14.1. The van der Waals surface area contributed by atoms with Gasteiger partial charge in [-0.15, -0.1) is 53.6 Å². The van der Waals surface area contributed by atoms with Crippen molar-refractivity contribution in [3.63, 3.8) is 0 Å². The summed E-state index contributed by atoms with van der Waals surface area (Å²) >= 11 is 0. The molecule has 1 aliphatic heterocycles. The van der Waals surface area contributed by atoms with Gasteiger partial charge in [0.1, 0.15) is 5.82 Å². The average molecular weight is 1220 g/mol. The topological polar surface area (TPSA) is 33.5 Å². The zero-order chi connectivity index (χ0) is 54.8. The fourth-order valence-electron chi connectivity index (χ4n) is 11.2. The van der Waals surface area contributed by atoms with E-state index in [-0.39, 0.29) is 42.7 Å². The molecule has 0 bridgehead atoms. The molecule has 0 spiro atoms. The maximum absolute atomic E-state index is 7.07. The van der Waals surface area contributed by atoms with Gasteiger partial charge in [0.15, 0.2) is 0 Å². The normalized spacial score (nSPS) is 12.9. The van der Waals surface area contributed by atoms with Crippen LogP contribution in [0.25, 0.3) is 49.9 Å². The smallest absolute Gasteiger partial charge is 0.135 e. The second kappa shape index (κ2) is 20.9. The van der Waals surface area contributed by atoms with Crippen molar-refractivity contribution in [2.24, 2.45) is 0 Å². The molecule has 5 nitrogen and oxygen atoms in total. The number of fused-ring (bicyclic) bond motifs is 4. The van der Waals surface area contributed by atoms with Crippen LogP contribution in [0.15, 0.2) is 219 Å². The largest absolute Gasteiger partial charge is 0.509 e. The Hall–Kier alpha value is -7.98. The summed E-state index contributed by atoms with van der Waals surface area (Å²) in [5, 5.41) is 2.18. The first kappa shape index (κ1) is 54.0. The molecular weight excluding hydrogens is 1160 g/mol. The molecule has 0 saturated heterocycles. The molecule has 3 heterocycles. The molecule has 12 rings (SSSR count). The molecule has 11 aromatic rings. The molecule has 2 aromatic heterocycles. The summed E-state index contributed by atoms with van der Waals surface area (Å²) in [5.74, 6) is 2.01. The third kappa shape index (κ3) is 10.2. The Balaban J connectivity index is 0.00000675. The van der Waals surface area contributed by atoms with E-state index in [4.69, 9.17) is 9.72 Å². The van der Waals surface area contributed by atoms with E-state index in [1.165, 1.54) is 38.9 Å². The van der Waals surface area contributed by atoms with E-state index < -0.39 is 0 Å². The summed E-state index contributed by atoms with van der Waals surface area (Å²) in [7, 11) is 0. The first-order valence-corrected chi connectivity index (χ1v) is 27.6. The van der Waals surface area contributed by atoms with Crippen molar-refractivity contribution in [3.8, 4) is 39.6 Å². The van der Waals surface area contributed by atoms with Crippen molar-refractivity contribution in [1.29, 1.82) is 0 Å². The predicted molar refractivity (Wildman–Crippen MR) is 330 cm³/mol. The van der Waals surface area contributed by atoms with Crippen LogP contribution in [-0.2, 0) is 42.7 Å². The first-order valence-electron chi connectivity index (χ1n) is 27.6. The van der Waals surface area contributed by atoms with Gasteiger partial charge >= 0.3 is 0 Å². The molecule has 1 aliphatic rings. The number of pyridine rings is 1. The van der Waals surface area contributed by atoms with Gasteiger partial charge in [-0.05, 0) is 109 Å². The third-order valence-electron chi connectivity index (χ3n) is 16.2. The van der Waals surface area contributed by atoms with Crippen molar-refractivity contribution in [1.82, 2.24) is 9.55 Å². The first-order chi connectivity index (χ1) is 37.9. The maximum atomic E-state index is 7.07. The molecule has 6 heteroatoms. The number of anilines is 4. The number of aromatic nitrogens is 2. The quantitative estimate of drug-likeness (QED) is 0.121. The molecule has 0 amide bonds. The number of nitrogens with zero attached hydrogens (tertiary/aromatic N) is 4. The van der Waals surface area contributed by atoms with Crippen LogP contribution < -0.4 is 14.5 Å². The second-order valence-corrected chi connectivity index (χ2v) is 24.3. The van der Waals surface area contributed by atoms with Gasteiger partial charge in [-0.25, -0.2) is 4.98 Å². The summed E-state index contributed by atoms with van der Waals surface area (Å²) in [4.78, 5) is 9.73. The zero-order valence-corrected chi connectivity index (χ0v) is 49.6. The summed E-state index contributed by atoms with van der Waals surface area (Å²) in [6.07, 6.45) is 1.93. The fraction of sp³-hybridized carbons (Fsp3) is 0.189. The van der Waals surface area contributed by atoms with Crippen molar-refractivity contribution in [2.45, 2.75) is 90.9 Å². The van der Waals surface area contributed by atoms with Gasteiger partial charge in [0.25, 0.3) is 0 Å². The van der Waals surface area contributed by atoms with Gasteiger partial charge in [0.2, 0.25) is 0 Å². The van der Waals surface area contributed by atoms with E-state index in [9.17, 15) is 0 Å². The van der Waals surface area contributed by atoms with Gasteiger partial charge in [-0.1, -0.05) is 220 Å². The predicted octanol–water partition coefficient (Wildman–Crippen LogP) is 19.6. The van der Waals surface area contributed by atoms with Crippen LogP contribution >= 0.6 is 0 Å². The van der Waals surface area contributed by atoms with Crippen LogP contribution in [0.1, 0.15) is 103 Å². The molecule has 0 fully saturated rings. The van der Waals surface area contributed by atoms with Crippen LogP contribution in [-0.4, -0.2) is 9.55 Å². The monoisotopic (exact) mass is 1220 g/mol. The van der Waals surface area contributed by atoms with E-state index in [0.717, 1.165) is 67.1 Å². The zero-order valence-electron chi connectivity index (χ0n) is 47.4. The Morgan fingerprint density at radius 3 is 1.62 bits per heavy atom. The van der Waals surface area contributed by atoms with Gasteiger partial charge in [-0.3, -0.25) is 0 Å². The summed E-state index contributed by atoms with van der Waals surface area (Å²) in [6, 6.07) is 84.1. The van der Waals surface area contributed by atoms with E-state index in [2.05, 4.69) is 309 Å². The Labute approximate surface area is 487 Å². The molecular formula is C74H67N4OPt-3. The number of rotatable bonds is 11. The van der Waals surface area contributed by atoms with Gasteiger partial charge in [0, 0.05) is 72.2 Å². The van der Waals surface area contributed by atoms with Crippen molar-refractivity contribution < 1.29 is 25.8 Å². The van der Waals surface area contributed by atoms with E-state index >= 15 is 0 Å². The van der Waals surface area contributed by atoms with Crippen LogP contribution in [0.5, 0.6) is 11.5 Å². The minimum atomic E-state index is -0.269. The molecule has 80 heavy (non-hydrogen) atoms. The third-order valence-corrected chi connectivity index (χ3v) is 16.2. The van der Waals surface area contributed by atoms with Crippen LogP contribution in [0.4, 0.5) is 22.7 Å². The van der Waals surface area contributed by atoms with Gasteiger partial charge in [0.05, 0.1) is 0 Å².